The molecule has 0 aromatic heterocycles. The molecule has 0 aromatic carbocycles. The lowest BCUT2D eigenvalue weighted by Gasteiger charge is -2.23. The highest BCUT2D eigenvalue weighted by Crippen LogP contribution is 2.25. The minimum absolute atomic E-state index is 0.339. The minimum Gasteiger partial charge on any atom is -0.390 e. The maximum Gasteiger partial charge on any atom is 0.163 e. The van der Waals surface area contributed by atoms with Crippen LogP contribution in [-0.2, 0) is 9.47 Å². The molecule has 0 amide bonds. The molecule has 0 aromatic rings. The van der Waals surface area contributed by atoms with Crippen LogP contribution in [0.3, 0.4) is 0 Å². The molecule has 0 radical (unpaired) electrons. The number of hydrogen-bond donors (Lipinski definition) is 2. The molecule has 1 aliphatic heterocycles. The van der Waals surface area contributed by atoms with Crippen LogP contribution in [-0.4, -0.2) is 40.9 Å². The first-order chi connectivity index (χ1) is 5.96. The van der Waals surface area contributed by atoms with E-state index in [4.69, 9.17) is 9.47 Å². The zero-order valence-electron chi connectivity index (χ0n) is 8.36. The minimum atomic E-state index is -0.855. The van der Waals surface area contributed by atoms with Gasteiger partial charge in [0.15, 0.2) is 5.79 Å². The quantitative estimate of drug-likeness (QED) is 0.670. The topological polar surface area (TPSA) is 58.9 Å². The smallest absolute Gasteiger partial charge is 0.163 e. The van der Waals surface area contributed by atoms with E-state index >= 15 is 0 Å². The lowest BCUT2D eigenvalue weighted by atomic mass is 10.1. The van der Waals surface area contributed by atoms with Crippen molar-refractivity contribution < 1.29 is 19.7 Å². The lowest BCUT2D eigenvalue weighted by Crippen LogP contribution is -2.39. The predicted octanol–water partition coefficient (Wildman–Crippen LogP) is 0.270. The molecule has 3 atom stereocenters. The van der Waals surface area contributed by atoms with Gasteiger partial charge in [0, 0.05) is 0 Å². The van der Waals surface area contributed by atoms with Crippen molar-refractivity contribution in [2.24, 2.45) is 0 Å². The van der Waals surface area contributed by atoms with Crippen molar-refractivity contribution in [1.82, 2.24) is 0 Å². The SMILES string of the molecule is CCC(O)C(O)C1COC(C)(C)O1. The first kappa shape index (κ1) is 10.9. The van der Waals surface area contributed by atoms with Gasteiger partial charge in [0.2, 0.25) is 0 Å². The van der Waals surface area contributed by atoms with Crippen LogP contribution in [0.25, 0.3) is 0 Å². The summed E-state index contributed by atoms with van der Waals surface area (Å²) in [5.74, 6) is -0.640. The van der Waals surface area contributed by atoms with Gasteiger partial charge in [0.1, 0.15) is 12.2 Å². The number of ether oxygens (including phenoxy) is 2. The summed E-state index contributed by atoms with van der Waals surface area (Å²) >= 11 is 0. The number of rotatable bonds is 3. The molecule has 78 valence electrons. The molecule has 0 bridgehead atoms. The van der Waals surface area contributed by atoms with Crippen molar-refractivity contribution in [2.75, 3.05) is 6.61 Å². The zero-order valence-corrected chi connectivity index (χ0v) is 8.36. The van der Waals surface area contributed by atoms with E-state index in [-0.39, 0.29) is 0 Å². The van der Waals surface area contributed by atoms with E-state index in [1.54, 1.807) is 13.8 Å². The number of hydrogen-bond acceptors (Lipinski definition) is 4. The van der Waals surface area contributed by atoms with Gasteiger partial charge in [-0.3, -0.25) is 0 Å². The largest absolute Gasteiger partial charge is 0.390 e. The van der Waals surface area contributed by atoms with Crippen molar-refractivity contribution in [3.8, 4) is 0 Å². The van der Waals surface area contributed by atoms with Gasteiger partial charge in [0.25, 0.3) is 0 Å². The van der Waals surface area contributed by atoms with Gasteiger partial charge in [-0.05, 0) is 20.3 Å². The van der Waals surface area contributed by atoms with Gasteiger partial charge >= 0.3 is 0 Å². The summed E-state index contributed by atoms with van der Waals surface area (Å²) in [6, 6.07) is 0. The lowest BCUT2D eigenvalue weighted by molar-refractivity contribution is -0.160. The molecular weight excluding hydrogens is 172 g/mol. The zero-order chi connectivity index (χ0) is 10.1. The molecule has 4 heteroatoms. The Morgan fingerprint density at radius 3 is 2.46 bits per heavy atom. The van der Waals surface area contributed by atoms with Crippen molar-refractivity contribution in [3.05, 3.63) is 0 Å². The Morgan fingerprint density at radius 1 is 1.46 bits per heavy atom. The Hall–Kier alpha value is -0.160. The third-order valence-corrected chi connectivity index (χ3v) is 2.22. The van der Waals surface area contributed by atoms with Crippen molar-refractivity contribution in [3.63, 3.8) is 0 Å². The monoisotopic (exact) mass is 190 g/mol. The molecule has 4 nitrogen and oxygen atoms in total. The summed E-state index contributed by atoms with van der Waals surface area (Å²) in [6.45, 7) is 5.73. The fraction of sp³-hybridized carbons (Fsp3) is 1.00. The van der Waals surface area contributed by atoms with E-state index in [0.29, 0.717) is 13.0 Å². The summed E-state index contributed by atoms with van der Waals surface area (Å²) in [5.41, 5.74) is 0. The van der Waals surface area contributed by atoms with Crippen molar-refractivity contribution in [2.45, 2.75) is 51.3 Å². The number of aliphatic hydroxyl groups is 2. The average Bonchev–Trinajstić information content (AvgIpc) is 2.43. The predicted molar refractivity (Wildman–Crippen MR) is 47.2 cm³/mol. The Labute approximate surface area is 78.5 Å². The normalized spacial score (nSPS) is 31.6. The second kappa shape index (κ2) is 3.92. The summed E-state index contributed by atoms with van der Waals surface area (Å²) in [6.07, 6.45) is -1.49. The standard InChI is InChI=1S/C9H18O4/c1-4-6(10)8(11)7-5-12-9(2,3)13-7/h6-8,10-11H,4-5H2,1-3H3. The molecule has 13 heavy (non-hydrogen) atoms. The second-order valence-electron chi connectivity index (χ2n) is 3.83. The molecule has 1 aliphatic rings. The van der Waals surface area contributed by atoms with Gasteiger partial charge < -0.3 is 19.7 Å². The van der Waals surface area contributed by atoms with Crippen LogP contribution in [0.4, 0.5) is 0 Å². The van der Waals surface area contributed by atoms with E-state index in [0.717, 1.165) is 0 Å². The van der Waals surface area contributed by atoms with Crippen molar-refractivity contribution >= 4 is 0 Å². The van der Waals surface area contributed by atoms with E-state index in [1.807, 2.05) is 6.92 Å². The van der Waals surface area contributed by atoms with Crippen LogP contribution in [0.2, 0.25) is 0 Å². The van der Waals surface area contributed by atoms with Gasteiger partial charge in [-0.1, -0.05) is 6.92 Å². The van der Waals surface area contributed by atoms with Crippen LogP contribution >= 0.6 is 0 Å². The molecule has 1 saturated heterocycles. The van der Waals surface area contributed by atoms with Crippen LogP contribution in [0, 0.1) is 0 Å². The van der Waals surface area contributed by atoms with Gasteiger partial charge in [-0.2, -0.15) is 0 Å². The third-order valence-electron chi connectivity index (χ3n) is 2.22. The molecule has 1 heterocycles. The van der Waals surface area contributed by atoms with Crippen LogP contribution in [0.1, 0.15) is 27.2 Å². The Bertz CT molecular complexity index is 169. The second-order valence-corrected chi connectivity index (χ2v) is 3.83. The van der Waals surface area contributed by atoms with E-state index in [1.165, 1.54) is 0 Å². The fourth-order valence-electron chi connectivity index (χ4n) is 1.37. The van der Waals surface area contributed by atoms with E-state index in [9.17, 15) is 10.2 Å². The summed E-state index contributed by atoms with van der Waals surface area (Å²) in [5, 5.41) is 19.0. The number of aliphatic hydroxyl groups excluding tert-OH is 2. The maximum absolute atomic E-state index is 9.59. The molecule has 1 fully saturated rings. The fourth-order valence-corrected chi connectivity index (χ4v) is 1.37. The first-order valence-electron chi connectivity index (χ1n) is 4.64. The Balaban J connectivity index is 2.46. The summed E-state index contributed by atoms with van der Waals surface area (Å²) in [7, 11) is 0. The summed E-state index contributed by atoms with van der Waals surface area (Å²) in [4.78, 5) is 0. The van der Waals surface area contributed by atoms with Crippen LogP contribution < -0.4 is 0 Å². The van der Waals surface area contributed by atoms with E-state index in [2.05, 4.69) is 0 Å². The highest BCUT2D eigenvalue weighted by molar-refractivity contribution is 4.81. The molecule has 0 aliphatic carbocycles. The molecule has 1 rings (SSSR count). The van der Waals surface area contributed by atoms with Gasteiger partial charge in [-0.15, -0.1) is 0 Å². The summed E-state index contributed by atoms with van der Waals surface area (Å²) < 4.78 is 10.7. The molecule has 3 unspecified atom stereocenters. The molecule has 2 N–H and O–H groups in total. The third kappa shape index (κ3) is 2.64. The van der Waals surface area contributed by atoms with Crippen LogP contribution in [0.15, 0.2) is 0 Å². The highest BCUT2D eigenvalue weighted by atomic mass is 16.7. The maximum atomic E-state index is 9.59. The first-order valence-corrected chi connectivity index (χ1v) is 4.64. The molecule has 0 spiro atoms. The van der Waals surface area contributed by atoms with E-state index < -0.39 is 24.1 Å². The Morgan fingerprint density at radius 2 is 2.08 bits per heavy atom. The average molecular weight is 190 g/mol. The molecule has 0 saturated carbocycles. The van der Waals surface area contributed by atoms with Gasteiger partial charge in [-0.25, -0.2) is 0 Å². The van der Waals surface area contributed by atoms with Gasteiger partial charge in [0.05, 0.1) is 12.7 Å². The van der Waals surface area contributed by atoms with Crippen LogP contribution in [0.5, 0.6) is 0 Å². The Kier molecular flexibility index (Phi) is 3.29. The highest BCUT2D eigenvalue weighted by Gasteiger charge is 2.38. The van der Waals surface area contributed by atoms with Crippen molar-refractivity contribution in [1.29, 1.82) is 0 Å². The molecular formula is C9H18O4.